The van der Waals surface area contributed by atoms with E-state index in [0.29, 0.717) is 23.7 Å². The van der Waals surface area contributed by atoms with Gasteiger partial charge in [0.05, 0.1) is 11.4 Å². The SMILES string of the molecule is CCc1c(C(=O)NCc2ccc3c(c2)CNC3)nnn1-c1cccc(Cl)c1.Cl. The molecular formula is C20H21Cl2N5O. The van der Waals surface area contributed by atoms with Crippen LogP contribution in [0.2, 0.25) is 5.02 Å². The van der Waals surface area contributed by atoms with Crippen LogP contribution in [0.1, 0.15) is 39.8 Å². The molecule has 2 aromatic carbocycles. The number of nitrogens with zero attached hydrogens (tertiary/aromatic N) is 3. The molecule has 1 aliphatic heterocycles. The molecule has 6 nitrogen and oxygen atoms in total. The lowest BCUT2D eigenvalue weighted by Gasteiger charge is -2.08. The quantitative estimate of drug-likeness (QED) is 0.666. The normalized spacial score (nSPS) is 12.4. The van der Waals surface area contributed by atoms with Gasteiger partial charge in [0.1, 0.15) is 0 Å². The van der Waals surface area contributed by atoms with Gasteiger partial charge in [-0.1, -0.05) is 48.0 Å². The number of fused-ring (bicyclic) bond motifs is 1. The third-order valence-corrected chi connectivity index (χ3v) is 4.96. The number of amides is 1. The lowest BCUT2D eigenvalue weighted by Crippen LogP contribution is -2.24. The van der Waals surface area contributed by atoms with Crippen LogP contribution in [0, 0.1) is 0 Å². The van der Waals surface area contributed by atoms with E-state index in [1.54, 1.807) is 16.8 Å². The van der Waals surface area contributed by atoms with Crippen LogP contribution in [0.25, 0.3) is 5.69 Å². The van der Waals surface area contributed by atoms with E-state index in [9.17, 15) is 4.79 Å². The maximum Gasteiger partial charge on any atom is 0.274 e. The second-order valence-electron chi connectivity index (χ2n) is 6.52. The molecule has 0 radical (unpaired) electrons. The molecule has 1 amide bonds. The Labute approximate surface area is 174 Å². The Morgan fingerprint density at radius 3 is 2.82 bits per heavy atom. The zero-order valence-corrected chi connectivity index (χ0v) is 17.0. The van der Waals surface area contributed by atoms with Gasteiger partial charge < -0.3 is 10.6 Å². The lowest BCUT2D eigenvalue weighted by molar-refractivity contribution is 0.0945. The van der Waals surface area contributed by atoms with Crippen LogP contribution in [0.3, 0.4) is 0 Å². The molecule has 0 aliphatic carbocycles. The summed E-state index contributed by atoms with van der Waals surface area (Å²) in [6, 6.07) is 13.6. The van der Waals surface area contributed by atoms with Gasteiger partial charge in [-0.05, 0) is 41.3 Å². The molecule has 146 valence electrons. The second-order valence-corrected chi connectivity index (χ2v) is 6.96. The zero-order valence-electron chi connectivity index (χ0n) is 15.4. The van der Waals surface area contributed by atoms with E-state index in [1.807, 2.05) is 19.1 Å². The third-order valence-electron chi connectivity index (χ3n) is 4.72. The van der Waals surface area contributed by atoms with E-state index in [-0.39, 0.29) is 18.3 Å². The molecule has 0 saturated heterocycles. The molecule has 2 heterocycles. The lowest BCUT2D eigenvalue weighted by atomic mass is 10.1. The molecule has 0 atom stereocenters. The fourth-order valence-corrected chi connectivity index (χ4v) is 3.52. The fourth-order valence-electron chi connectivity index (χ4n) is 3.33. The van der Waals surface area contributed by atoms with Crippen molar-refractivity contribution in [1.29, 1.82) is 0 Å². The molecule has 0 unspecified atom stereocenters. The summed E-state index contributed by atoms with van der Waals surface area (Å²) in [5.41, 5.74) is 5.59. The topological polar surface area (TPSA) is 71.8 Å². The summed E-state index contributed by atoms with van der Waals surface area (Å²) in [6.45, 7) is 4.23. The van der Waals surface area contributed by atoms with Crippen molar-refractivity contribution in [2.24, 2.45) is 0 Å². The minimum absolute atomic E-state index is 0. The van der Waals surface area contributed by atoms with E-state index in [2.05, 4.69) is 39.1 Å². The number of carbonyl (C=O) groups excluding carboxylic acids is 1. The van der Waals surface area contributed by atoms with Crippen LogP contribution in [0.5, 0.6) is 0 Å². The molecule has 0 fully saturated rings. The Morgan fingerprint density at radius 2 is 2.04 bits per heavy atom. The first-order valence-electron chi connectivity index (χ1n) is 8.96. The third kappa shape index (κ3) is 4.04. The van der Waals surface area contributed by atoms with Crippen LogP contribution in [-0.4, -0.2) is 20.9 Å². The van der Waals surface area contributed by atoms with Gasteiger partial charge in [0.15, 0.2) is 5.69 Å². The van der Waals surface area contributed by atoms with Gasteiger partial charge in [0.2, 0.25) is 0 Å². The van der Waals surface area contributed by atoms with Gasteiger partial charge in [0, 0.05) is 24.7 Å². The summed E-state index contributed by atoms with van der Waals surface area (Å²) in [5.74, 6) is -0.223. The molecule has 0 saturated carbocycles. The van der Waals surface area contributed by atoms with Gasteiger partial charge in [-0.25, -0.2) is 4.68 Å². The van der Waals surface area contributed by atoms with Crippen molar-refractivity contribution in [3.8, 4) is 5.69 Å². The molecule has 0 bridgehead atoms. The molecule has 4 rings (SSSR count). The highest BCUT2D eigenvalue weighted by atomic mass is 35.5. The highest BCUT2D eigenvalue weighted by Gasteiger charge is 2.19. The summed E-state index contributed by atoms with van der Waals surface area (Å²) in [6.07, 6.45) is 0.632. The number of hydrogen-bond acceptors (Lipinski definition) is 4. The van der Waals surface area contributed by atoms with Crippen molar-refractivity contribution in [3.63, 3.8) is 0 Å². The predicted molar refractivity (Wildman–Crippen MR) is 111 cm³/mol. The van der Waals surface area contributed by atoms with Crippen molar-refractivity contribution in [1.82, 2.24) is 25.6 Å². The van der Waals surface area contributed by atoms with Crippen molar-refractivity contribution < 1.29 is 4.79 Å². The number of benzene rings is 2. The minimum Gasteiger partial charge on any atom is -0.347 e. The Bertz CT molecular complexity index is 1000. The number of hydrogen-bond donors (Lipinski definition) is 2. The minimum atomic E-state index is -0.223. The van der Waals surface area contributed by atoms with E-state index in [4.69, 9.17) is 11.6 Å². The monoisotopic (exact) mass is 417 g/mol. The number of halogens is 2. The molecule has 1 aromatic heterocycles. The van der Waals surface area contributed by atoms with Gasteiger partial charge in [0.25, 0.3) is 5.91 Å². The van der Waals surface area contributed by atoms with Gasteiger partial charge >= 0.3 is 0 Å². The second kappa shape index (κ2) is 8.73. The average molecular weight is 418 g/mol. The highest BCUT2D eigenvalue weighted by molar-refractivity contribution is 6.30. The summed E-state index contributed by atoms with van der Waals surface area (Å²) in [7, 11) is 0. The largest absolute Gasteiger partial charge is 0.347 e. The predicted octanol–water partition coefficient (Wildman–Crippen LogP) is 3.44. The van der Waals surface area contributed by atoms with Crippen molar-refractivity contribution in [3.05, 3.63) is 75.6 Å². The molecule has 8 heteroatoms. The van der Waals surface area contributed by atoms with Crippen molar-refractivity contribution in [2.45, 2.75) is 33.0 Å². The fraction of sp³-hybridized carbons (Fsp3) is 0.250. The molecule has 28 heavy (non-hydrogen) atoms. The molecular weight excluding hydrogens is 397 g/mol. The van der Waals surface area contributed by atoms with Crippen molar-refractivity contribution in [2.75, 3.05) is 0 Å². The van der Waals surface area contributed by atoms with Crippen LogP contribution in [0.15, 0.2) is 42.5 Å². The smallest absolute Gasteiger partial charge is 0.274 e. The van der Waals surface area contributed by atoms with Crippen molar-refractivity contribution >= 4 is 29.9 Å². The Balaban J connectivity index is 0.00000225. The number of rotatable bonds is 5. The Morgan fingerprint density at radius 1 is 1.21 bits per heavy atom. The van der Waals surface area contributed by atoms with Crippen LogP contribution in [-0.2, 0) is 26.1 Å². The maximum absolute atomic E-state index is 12.7. The maximum atomic E-state index is 12.7. The average Bonchev–Trinajstić information content (AvgIpc) is 3.32. The summed E-state index contributed by atoms with van der Waals surface area (Å²) in [4.78, 5) is 12.7. The van der Waals surface area contributed by atoms with E-state index in [0.717, 1.165) is 30.0 Å². The summed E-state index contributed by atoms with van der Waals surface area (Å²) < 4.78 is 1.67. The van der Waals surface area contributed by atoms with Crippen LogP contribution in [0.4, 0.5) is 0 Å². The standard InChI is InChI=1S/C20H20ClN5O.ClH/c1-2-18-19(24-25-26(18)17-5-3-4-16(21)9-17)20(27)23-10-13-6-7-14-11-22-12-15(14)8-13;/h3-9,22H,2,10-12H2,1H3,(H,23,27);1H. The van der Waals surface area contributed by atoms with Gasteiger partial charge in [-0.2, -0.15) is 0 Å². The molecule has 2 N–H and O–H groups in total. The number of aromatic nitrogens is 3. The van der Waals surface area contributed by atoms with E-state index in [1.165, 1.54) is 11.1 Å². The van der Waals surface area contributed by atoms with Gasteiger partial charge in [-0.3, -0.25) is 4.79 Å². The van der Waals surface area contributed by atoms with Gasteiger partial charge in [-0.15, -0.1) is 17.5 Å². The summed E-state index contributed by atoms with van der Waals surface area (Å²) >= 11 is 6.07. The molecule has 3 aromatic rings. The van der Waals surface area contributed by atoms with E-state index < -0.39 is 0 Å². The number of nitrogens with one attached hydrogen (secondary N) is 2. The van der Waals surface area contributed by atoms with Crippen LogP contribution >= 0.6 is 24.0 Å². The first kappa shape index (κ1) is 20.3. The molecule has 1 aliphatic rings. The first-order chi connectivity index (χ1) is 13.2. The molecule has 0 spiro atoms. The Hall–Kier alpha value is -2.41. The van der Waals surface area contributed by atoms with E-state index >= 15 is 0 Å². The first-order valence-corrected chi connectivity index (χ1v) is 9.33. The Kier molecular flexibility index (Phi) is 6.34. The number of carbonyl (C=O) groups is 1. The van der Waals surface area contributed by atoms with Crippen LogP contribution < -0.4 is 10.6 Å². The highest BCUT2D eigenvalue weighted by Crippen LogP contribution is 2.19. The zero-order chi connectivity index (χ0) is 18.8. The summed E-state index contributed by atoms with van der Waals surface area (Å²) in [5, 5.41) is 15.2.